The van der Waals surface area contributed by atoms with Crippen LogP contribution in [0.5, 0.6) is 0 Å². The zero-order valence-electron chi connectivity index (χ0n) is 20.5. The van der Waals surface area contributed by atoms with Crippen LogP contribution in [0.15, 0.2) is 18.2 Å². The maximum Gasteiger partial charge on any atom is 0.230 e. The molecule has 1 N–H and O–H groups in total. The number of hydrogen-bond acceptors (Lipinski definition) is 3. The van der Waals surface area contributed by atoms with Crippen molar-refractivity contribution in [3.63, 3.8) is 0 Å². The van der Waals surface area contributed by atoms with Crippen molar-refractivity contribution in [2.75, 3.05) is 5.32 Å². The monoisotopic (exact) mass is 533 g/mol. The van der Waals surface area contributed by atoms with Crippen molar-refractivity contribution in [3.8, 4) is 11.3 Å². The summed E-state index contributed by atoms with van der Waals surface area (Å²) in [6, 6.07) is 4.45. The maximum atomic E-state index is 14.1. The molecule has 0 aliphatic heterocycles. The lowest BCUT2D eigenvalue weighted by Gasteiger charge is -2.23. The summed E-state index contributed by atoms with van der Waals surface area (Å²) in [5.74, 6) is -11.3. The minimum atomic E-state index is -2.28. The smallest absolute Gasteiger partial charge is 0.230 e. The van der Waals surface area contributed by atoms with Crippen LogP contribution in [0.3, 0.4) is 0 Å². The van der Waals surface area contributed by atoms with Gasteiger partial charge in [0.2, 0.25) is 11.7 Å². The van der Waals surface area contributed by atoms with Crippen LogP contribution >= 0.6 is 0 Å². The van der Waals surface area contributed by atoms with Gasteiger partial charge in [0, 0.05) is 11.1 Å². The topological polar surface area (TPSA) is 54.9 Å². The van der Waals surface area contributed by atoms with E-state index in [0.29, 0.717) is 42.3 Å². The highest BCUT2D eigenvalue weighted by molar-refractivity contribution is 5.92. The van der Waals surface area contributed by atoms with E-state index in [0.717, 1.165) is 43.2 Å². The number of amides is 1. The first-order valence-corrected chi connectivity index (χ1v) is 12.7. The van der Waals surface area contributed by atoms with Crippen LogP contribution in [-0.2, 0) is 30.5 Å². The Morgan fingerprint density at radius 3 is 2.26 bits per heavy atom. The molecular weight excluding hydrogens is 508 g/mol. The Morgan fingerprint density at radius 1 is 0.868 bits per heavy atom. The van der Waals surface area contributed by atoms with Crippen molar-refractivity contribution in [1.82, 2.24) is 9.97 Å². The van der Waals surface area contributed by atoms with E-state index in [1.807, 2.05) is 0 Å². The molecule has 2 aromatic carbocycles. The molecule has 1 heterocycles. The first kappa shape index (κ1) is 26.2. The van der Waals surface area contributed by atoms with E-state index >= 15 is 0 Å². The average Bonchev–Trinajstić information content (AvgIpc) is 2.92. The van der Waals surface area contributed by atoms with Crippen molar-refractivity contribution in [2.45, 2.75) is 64.2 Å². The average molecular weight is 534 g/mol. The first-order chi connectivity index (χ1) is 18.2. The Morgan fingerprint density at radius 2 is 1.55 bits per heavy atom. The van der Waals surface area contributed by atoms with Gasteiger partial charge in [0.1, 0.15) is 5.82 Å². The third-order valence-electron chi connectivity index (χ3n) is 7.40. The molecular formula is C28H25F6N3O. The molecule has 1 aromatic heterocycles. The largest absolute Gasteiger partial charge is 0.309 e. The van der Waals surface area contributed by atoms with Gasteiger partial charge in [0.25, 0.3) is 0 Å². The lowest BCUT2D eigenvalue weighted by Crippen LogP contribution is -2.22. The summed E-state index contributed by atoms with van der Waals surface area (Å²) < 4.78 is 82.7. The molecule has 1 amide bonds. The highest BCUT2D eigenvalue weighted by Crippen LogP contribution is 2.35. The van der Waals surface area contributed by atoms with Gasteiger partial charge in [-0.1, -0.05) is 32.1 Å². The number of fused-ring (bicyclic) bond motifs is 3. The number of carbonyl (C=O) groups is 1. The van der Waals surface area contributed by atoms with Gasteiger partial charge < -0.3 is 5.32 Å². The molecule has 10 heteroatoms. The fraction of sp³-hybridized carbons (Fsp3) is 0.393. The normalized spacial score (nSPS) is 15.2. The van der Waals surface area contributed by atoms with Gasteiger partial charge in [0.05, 0.1) is 23.5 Å². The number of anilines is 1. The third-order valence-corrected chi connectivity index (χ3v) is 7.40. The number of nitrogens with one attached hydrogen (secondary N) is 1. The fourth-order valence-corrected chi connectivity index (χ4v) is 5.38. The lowest BCUT2D eigenvalue weighted by atomic mass is 9.85. The highest BCUT2D eigenvalue weighted by Gasteiger charge is 2.28. The fourth-order valence-electron chi connectivity index (χ4n) is 5.38. The third kappa shape index (κ3) is 5.13. The Balaban J connectivity index is 1.46. The van der Waals surface area contributed by atoms with E-state index in [1.165, 1.54) is 18.6 Å². The van der Waals surface area contributed by atoms with Gasteiger partial charge in [-0.2, -0.15) is 0 Å². The minimum Gasteiger partial charge on any atom is -0.309 e. The number of hydrogen-bond donors (Lipinski definition) is 1. The van der Waals surface area contributed by atoms with E-state index in [4.69, 9.17) is 4.98 Å². The SMILES string of the molecule is O=C(Cc1c(F)c(F)c(F)c(F)c1F)Nc1nc2c(nc1CCC1CCCCC1)-c1ccc(F)cc1CC2. The molecule has 1 fully saturated rings. The second-order valence-electron chi connectivity index (χ2n) is 9.93. The number of benzene rings is 2. The molecule has 38 heavy (non-hydrogen) atoms. The number of aromatic nitrogens is 2. The molecule has 0 saturated heterocycles. The Labute approximate surface area is 215 Å². The number of rotatable bonds is 6. The van der Waals surface area contributed by atoms with Crippen molar-refractivity contribution < 1.29 is 31.1 Å². The summed E-state index contributed by atoms with van der Waals surface area (Å²) in [6.45, 7) is 0. The lowest BCUT2D eigenvalue weighted by molar-refractivity contribution is -0.115. The van der Waals surface area contributed by atoms with E-state index in [-0.39, 0.29) is 11.6 Å². The van der Waals surface area contributed by atoms with Crippen molar-refractivity contribution in [2.24, 2.45) is 5.92 Å². The highest BCUT2D eigenvalue weighted by atomic mass is 19.2. The number of carbonyl (C=O) groups excluding carboxylic acids is 1. The zero-order valence-corrected chi connectivity index (χ0v) is 20.5. The number of halogens is 6. The van der Waals surface area contributed by atoms with Crippen LogP contribution in [0.25, 0.3) is 11.3 Å². The molecule has 3 aromatic rings. The number of aryl methyl sites for hydroxylation is 3. The molecule has 0 spiro atoms. The number of nitrogens with zero attached hydrogens (tertiary/aromatic N) is 2. The van der Waals surface area contributed by atoms with Crippen LogP contribution in [0, 0.1) is 40.8 Å². The molecule has 1 saturated carbocycles. The van der Waals surface area contributed by atoms with Gasteiger partial charge >= 0.3 is 0 Å². The summed E-state index contributed by atoms with van der Waals surface area (Å²) in [7, 11) is 0. The maximum absolute atomic E-state index is 14.1. The van der Waals surface area contributed by atoms with Crippen LogP contribution in [0.1, 0.15) is 61.0 Å². The summed E-state index contributed by atoms with van der Waals surface area (Å²) in [5, 5.41) is 2.49. The Kier molecular flexibility index (Phi) is 7.40. The van der Waals surface area contributed by atoms with Crippen LogP contribution in [-0.4, -0.2) is 15.9 Å². The van der Waals surface area contributed by atoms with E-state index in [2.05, 4.69) is 10.3 Å². The molecule has 0 radical (unpaired) electrons. The van der Waals surface area contributed by atoms with Crippen LogP contribution in [0.4, 0.5) is 32.2 Å². The first-order valence-electron chi connectivity index (χ1n) is 12.7. The minimum absolute atomic E-state index is 0.0963. The van der Waals surface area contributed by atoms with E-state index in [9.17, 15) is 31.1 Å². The molecule has 0 bridgehead atoms. The van der Waals surface area contributed by atoms with Gasteiger partial charge in [-0.3, -0.25) is 4.79 Å². The summed E-state index contributed by atoms with van der Waals surface area (Å²) in [5.41, 5.74) is 1.94. The van der Waals surface area contributed by atoms with Crippen molar-refractivity contribution >= 4 is 11.7 Å². The van der Waals surface area contributed by atoms with Gasteiger partial charge in [-0.05, 0) is 55.4 Å². The standard InChI is InChI=1S/C28H25F6N3O/c29-16-8-9-17-15(12-16)7-11-19-27(17)35-20(10-6-14-4-2-1-3-5-14)28(36-19)37-21(38)13-18-22(30)24(32)26(34)25(33)23(18)31/h8-9,12,14H,1-7,10-11,13H2,(H,36,37,38). The van der Waals surface area contributed by atoms with Crippen LogP contribution in [0.2, 0.25) is 0 Å². The molecule has 0 atom stereocenters. The molecule has 5 rings (SSSR count). The second-order valence-corrected chi connectivity index (χ2v) is 9.93. The predicted octanol–water partition coefficient (Wildman–Crippen LogP) is 6.77. The molecule has 200 valence electrons. The quantitative estimate of drug-likeness (QED) is 0.216. The van der Waals surface area contributed by atoms with Gasteiger partial charge in [-0.25, -0.2) is 36.3 Å². The summed E-state index contributed by atoms with van der Waals surface area (Å²) in [6.07, 6.45) is 6.79. The van der Waals surface area contributed by atoms with E-state index < -0.39 is 47.0 Å². The van der Waals surface area contributed by atoms with Gasteiger partial charge in [0.15, 0.2) is 29.1 Å². The molecule has 2 aliphatic carbocycles. The summed E-state index contributed by atoms with van der Waals surface area (Å²) in [4.78, 5) is 22.1. The summed E-state index contributed by atoms with van der Waals surface area (Å²) >= 11 is 0. The van der Waals surface area contributed by atoms with Crippen molar-refractivity contribution in [3.05, 3.63) is 75.6 Å². The van der Waals surface area contributed by atoms with Crippen molar-refractivity contribution in [1.29, 1.82) is 0 Å². The predicted molar refractivity (Wildman–Crippen MR) is 128 cm³/mol. The Hall–Kier alpha value is -3.43. The van der Waals surface area contributed by atoms with E-state index in [1.54, 1.807) is 6.07 Å². The Bertz CT molecular complexity index is 1380. The molecule has 4 nitrogen and oxygen atoms in total. The van der Waals surface area contributed by atoms with Gasteiger partial charge in [-0.15, -0.1) is 0 Å². The van der Waals surface area contributed by atoms with Crippen LogP contribution < -0.4 is 5.32 Å². The molecule has 0 unspecified atom stereocenters. The zero-order chi connectivity index (χ0) is 27.0. The molecule has 2 aliphatic rings. The second kappa shape index (κ2) is 10.7.